The number of hydrogen-bond acceptors (Lipinski definition) is 4. The second kappa shape index (κ2) is 7.38. The zero-order valence-electron chi connectivity index (χ0n) is 13.3. The van der Waals surface area contributed by atoms with E-state index >= 15 is 0 Å². The van der Waals surface area contributed by atoms with Crippen LogP contribution in [0, 0.1) is 0 Å². The van der Waals surface area contributed by atoms with E-state index in [1.165, 1.54) is 0 Å². The van der Waals surface area contributed by atoms with Crippen LogP contribution in [0.1, 0.15) is 10.4 Å². The molecule has 1 amide bonds. The highest BCUT2D eigenvalue weighted by molar-refractivity contribution is 6.44. The molecule has 1 fully saturated rings. The fraction of sp³-hybridized carbons (Fsp3) is 0.294. The number of nitrogens with zero attached hydrogens (tertiary/aromatic N) is 3. The van der Waals surface area contributed by atoms with Crippen LogP contribution >= 0.6 is 23.2 Å². The Balaban J connectivity index is 1.76. The van der Waals surface area contributed by atoms with Crippen LogP contribution in [-0.2, 0) is 0 Å². The summed E-state index contributed by atoms with van der Waals surface area (Å²) in [6.45, 7) is 3.76. The van der Waals surface area contributed by atoms with Gasteiger partial charge in [0.2, 0.25) is 0 Å². The van der Waals surface area contributed by atoms with E-state index in [1.807, 2.05) is 0 Å². The van der Waals surface area contributed by atoms with Crippen molar-refractivity contribution >= 4 is 40.6 Å². The smallest absolute Gasteiger partial charge is 0.255 e. The number of hydrogen-bond donors (Lipinski definition) is 1. The van der Waals surface area contributed by atoms with Gasteiger partial charge in [-0.05, 0) is 31.3 Å². The molecule has 2 aromatic rings. The molecule has 0 radical (unpaired) electrons. The van der Waals surface area contributed by atoms with Crippen molar-refractivity contribution in [2.24, 2.45) is 0 Å². The molecule has 24 heavy (non-hydrogen) atoms. The second-order valence-corrected chi connectivity index (χ2v) is 6.53. The summed E-state index contributed by atoms with van der Waals surface area (Å²) in [5.41, 5.74) is 1.03. The van der Waals surface area contributed by atoms with Gasteiger partial charge in [-0.3, -0.25) is 4.79 Å². The van der Waals surface area contributed by atoms with Crippen LogP contribution in [0.3, 0.4) is 0 Å². The number of halogens is 2. The molecular weight excluding hydrogens is 347 g/mol. The van der Waals surface area contributed by atoms with Gasteiger partial charge < -0.3 is 15.1 Å². The Bertz CT molecular complexity index is 745. The Hall–Kier alpha value is -1.82. The van der Waals surface area contributed by atoms with Crippen molar-refractivity contribution in [3.8, 4) is 0 Å². The summed E-state index contributed by atoms with van der Waals surface area (Å²) in [5.74, 6) is 0.574. The number of aromatic nitrogens is 1. The molecule has 5 nitrogen and oxygen atoms in total. The van der Waals surface area contributed by atoms with Gasteiger partial charge in [-0.2, -0.15) is 0 Å². The van der Waals surface area contributed by atoms with Crippen molar-refractivity contribution in [1.29, 1.82) is 0 Å². The number of piperazine rings is 1. The molecule has 126 valence electrons. The maximum atomic E-state index is 12.5. The maximum Gasteiger partial charge on any atom is 0.255 e. The van der Waals surface area contributed by atoms with Gasteiger partial charge in [-0.1, -0.05) is 29.3 Å². The third kappa shape index (κ3) is 3.80. The predicted octanol–water partition coefficient (Wildman–Crippen LogP) is 3.39. The standard InChI is InChI=1S/C17H18Cl2N4O/c1-22-7-9-23(10-8-22)15-11-12(5-6-20-15)17(24)21-14-4-2-3-13(18)16(14)19/h2-6,11H,7-10H2,1H3,(H,21,24). The van der Waals surface area contributed by atoms with E-state index in [2.05, 4.69) is 27.1 Å². The molecule has 1 N–H and O–H groups in total. The first kappa shape index (κ1) is 17.0. The fourth-order valence-electron chi connectivity index (χ4n) is 2.56. The third-order valence-electron chi connectivity index (χ3n) is 4.03. The number of pyridine rings is 1. The maximum absolute atomic E-state index is 12.5. The average Bonchev–Trinajstić information content (AvgIpc) is 2.60. The van der Waals surface area contributed by atoms with Crippen molar-refractivity contribution < 1.29 is 4.79 Å². The molecule has 2 heterocycles. The molecule has 0 saturated carbocycles. The van der Waals surface area contributed by atoms with E-state index < -0.39 is 0 Å². The van der Waals surface area contributed by atoms with Crippen LogP contribution in [0.5, 0.6) is 0 Å². The highest BCUT2D eigenvalue weighted by atomic mass is 35.5. The number of nitrogens with one attached hydrogen (secondary N) is 1. The lowest BCUT2D eigenvalue weighted by Crippen LogP contribution is -2.44. The summed E-state index contributed by atoms with van der Waals surface area (Å²) in [6, 6.07) is 8.63. The number of amides is 1. The van der Waals surface area contributed by atoms with Crippen molar-refractivity contribution in [3.05, 3.63) is 52.1 Å². The fourth-order valence-corrected chi connectivity index (χ4v) is 2.91. The number of carbonyl (C=O) groups is 1. The first-order chi connectivity index (χ1) is 11.5. The molecule has 1 aliphatic rings. The highest BCUT2D eigenvalue weighted by Crippen LogP contribution is 2.30. The molecule has 1 aliphatic heterocycles. The summed E-state index contributed by atoms with van der Waals surface area (Å²) in [7, 11) is 2.10. The van der Waals surface area contributed by atoms with Gasteiger partial charge in [0, 0.05) is 37.9 Å². The summed E-state index contributed by atoms with van der Waals surface area (Å²) in [6.07, 6.45) is 1.65. The lowest BCUT2D eigenvalue weighted by molar-refractivity contribution is 0.102. The molecule has 3 rings (SSSR count). The Morgan fingerprint density at radius 3 is 2.67 bits per heavy atom. The molecule has 7 heteroatoms. The van der Waals surface area contributed by atoms with E-state index in [0.29, 0.717) is 21.3 Å². The predicted molar refractivity (Wildman–Crippen MR) is 98.4 cm³/mol. The number of rotatable bonds is 3. The molecule has 1 aromatic heterocycles. The summed E-state index contributed by atoms with van der Waals surface area (Å²) in [4.78, 5) is 21.3. The summed E-state index contributed by atoms with van der Waals surface area (Å²) in [5, 5.41) is 3.53. The highest BCUT2D eigenvalue weighted by Gasteiger charge is 2.17. The van der Waals surface area contributed by atoms with Gasteiger partial charge in [0.15, 0.2) is 0 Å². The Kier molecular flexibility index (Phi) is 5.23. The topological polar surface area (TPSA) is 48.5 Å². The van der Waals surface area contributed by atoms with Crippen LogP contribution in [0.4, 0.5) is 11.5 Å². The van der Waals surface area contributed by atoms with Crippen LogP contribution in [0.15, 0.2) is 36.5 Å². The van der Waals surface area contributed by atoms with Gasteiger partial charge in [0.1, 0.15) is 5.82 Å². The van der Waals surface area contributed by atoms with Gasteiger partial charge in [0.25, 0.3) is 5.91 Å². The third-order valence-corrected chi connectivity index (χ3v) is 4.85. The monoisotopic (exact) mass is 364 g/mol. The zero-order valence-corrected chi connectivity index (χ0v) is 14.8. The van der Waals surface area contributed by atoms with E-state index in [9.17, 15) is 4.79 Å². The molecule has 1 aromatic carbocycles. The number of carbonyl (C=O) groups excluding carboxylic acids is 1. The van der Waals surface area contributed by atoms with Crippen molar-refractivity contribution in [2.45, 2.75) is 0 Å². The quantitative estimate of drug-likeness (QED) is 0.906. The summed E-state index contributed by atoms with van der Waals surface area (Å²) < 4.78 is 0. The largest absolute Gasteiger partial charge is 0.354 e. The molecule has 0 unspecified atom stereocenters. The number of benzene rings is 1. The SMILES string of the molecule is CN1CCN(c2cc(C(=O)Nc3cccc(Cl)c3Cl)ccn2)CC1. The Morgan fingerprint density at radius 2 is 1.92 bits per heavy atom. The lowest BCUT2D eigenvalue weighted by Gasteiger charge is -2.33. The van der Waals surface area contributed by atoms with Crippen molar-refractivity contribution in [3.63, 3.8) is 0 Å². The molecule has 1 saturated heterocycles. The average molecular weight is 365 g/mol. The van der Waals surface area contributed by atoms with Gasteiger partial charge in [-0.25, -0.2) is 4.98 Å². The Labute approximate surface area is 151 Å². The zero-order chi connectivity index (χ0) is 17.1. The van der Waals surface area contributed by atoms with Crippen molar-refractivity contribution in [1.82, 2.24) is 9.88 Å². The van der Waals surface area contributed by atoms with Crippen molar-refractivity contribution in [2.75, 3.05) is 43.4 Å². The van der Waals surface area contributed by atoms with Crippen LogP contribution < -0.4 is 10.2 Å². The minimum Gasteiger partial charge on any atom is -0.354 e. The number of likely N-dealkylation sites (N-methyl/N-ethyl adjacent to an activating group) is 1. The molecular formula is C17H18Cl2N4O. The van der Waals surface area contributed by atoms with E-state index in [-0.39, 0.29) is 5.91 Å². The lowest BCUT2D eigenvalue weighted by atomic mass is 10.2. The minimum atomic E-state index is -0.239. The van der Waals surface area contributed by atoms with Gasteiger partial charge in [-0.15, -0.1) is 0 Å². The molecule has 0 atom stereocenters. The minimum absolute atomic E-state index is 0.239. The van der Waals surface area contributed by atoms with Gasteiger partial charge >= 0.3 is 0 Å². The van der Waals surface area contributed by atoms with E-state index in [0.717, 1.165) is 32.0 Å². The van der Waals surface area contributed by atoms with Gasteiger partial charge in [0.05, 0.1) is 15.7 Å². The first-order valence-electron chi connectivity index (χ1n) is 7.69. The Morgan fingerprint density at radius 1 is 1.17 bits per heavy atom. The van der Waals surface area contributed by atoms with Crippen LogP contribution in [0.2, 0.25) is 10.0 Å². The normalized spacial score (nSPS) is 15.4. The van der Waals surface area contributed by atoms with Crippen LogP contribution in [-0.4, -0.2) is 49.0 Å². The van der Waals surface area contributed by atoms with E-state index in [1.54, 1.807) is 36.5 Å². The van der Waals surface area contributed by atoms with Crippen LogP contribution in [0.25, 0.3) is 0 Å². The first-order valence-corrected chi connectivity index (χ1v) is 8.45. The summed E-state index contributed by atoms with van der Waals surface area (Å²) >= 11 is 12.1. The molecule has 0 spiro atoms. The second-order valence-electron chi connectivity index (χ2n) is 5.75. The molecule has 0 bridgehead atoms. The molecule has 0 aliphatic carbocycles. The number of anilines is 2. The van der Waals surface area contributed by atoms with E-state index in [4.69, 9.17) is 23.2 Å².